The lowest BCUT2D eigenvalue weighted by molar-refractivity contribution is 0.243. The minimum atomic E-state index is 0.00871. The largest absolute Gasteiger partial charge is 0.490 e. The molecular weight excluding hydrogens is 428 g/mol. The van der Waals surface area contributed by atoms with Crippen LogP contribution in [0.5, 0.6) is 17.2 Å². The summed E-state index contributed by atoms with van der Waals surface area (Å²) in [5.41, 5.74) is 6.94. The molecule has 0 amide bonds. The van der Waals surface area contributed by atoms with Crippen LogP contribution in [-0.2, 0) is 0 Å². The molecule has 0 heterocycles. The van der Waals surface area contributed by atoms with Crippen molar-refractivity contribution >= 4 is 0 Å². The van der Waals surface area contributed by atoms with Gasteiger partial charge >= 0.3 is 0 Å². The van der Waals surface area contributed by atoms with Crippen LogP contribution in [-0.4, -0.2) is 6.10 Å². The summed E-state index contributed by atoms with van der Waals surface area (Å²) in [5.74, 6) is 3.13. The van der Waals surface area contributed by atoms with E-state index < -0.39 is 0 Å². The normalized spacial score (nSPS) is 11.3. The Bertz CT molecular complexity index is 1240. The summed E-state index contributed by atoms with van der Waals surface area (Å²) in [6.07, 6.45) is 0.00871. The zero-order valence-corrected chi connectivity index (χ0v) is 21.7. The van der Waals surface area contributed by atoms with E-state index in [1.165, 1.54) is 11.1 Å². The second kappa shape index (κ2) is 10.8. The van der Waals surface area contributed by atoms with Crippen molar-refractivity contribution in [2.45, 2.75) is 59.5 Å². The number of benzene rings is 4. The van der Waals surface area contributed by atoms with Gasteiger partial charge in [0.1, 0.15) is 17.2 Å². The van der Waals surface area contributed by atoms with E-state index in [9.17, 15) is 0 Å². The molecule has 0 unspecified atom stereocenters. The van der Waals surface area contributed by atoms with Crippen molar-refractivity contribution < 1.29 is 9.47 Å². The molecule has 4 aromatic carbocycles. The fraction of sp³-hybridized carbons (Fsp3) is 0.273. The maximum Gasteiger partial charge on any atom is 0.142 e. The minimum absolute atomic E-state index is 0.00871. The molecule has 0 atom stereocenters. The molecule has 0 aliphatic rings. The SMILES string of the molecule is CC(C)Oc1c(-c2ccccc2)c(Oc2ccccc2)c(C(C)C)c(C(C)C)c1-c1ccccc1. The average Bonchev–Trinajstić information content (AvgIpc) is 2.85. The third kappa shape index (κ3) is 5.27. The van der Waals surface area contributed by atoms with Crippen LogP contribution in [0.25, 0.3) is 22.3 Å². The van der Waals surface area contributed by atoms with Gasteiger partial charge in [-0.05, 0) is 54.5 Å². The summed E-state index contributed by atoms with van der Waals surface area (Å²) in [7, 11) is 0. The highest BCUT2D eigenvalue weighted by Gasteiger charge is 2.31. The standard InChI is InChI=1S/C33H36O2/c1-22(2)28-29(23(3)4)32(35-27-20-14-9-15-21-27)31(26-18-12-8-13-19-26)33(34-24(5)6)30(28)25-16-10-7-11-17-25/h7-24H,1-6H3. The van der Waals surface area contributed by atoms with Gasteiger partial charge in [-0.2, -0.15) is 0 Å². The lowest BCUT2D eigenvalue weighted by atomic mass is 9.80. The number of ether oxygens (including phenoxy) is 2. The van der Waals surface area contributed by atoms with Crippen LogP contribution in [0.4, 0.5) is 0 Å². The quantitative estimate of drug-likeness (QED) is 0.258. The van der Waals surface area contributed by atoms with Gasteiger partial charge in [0.25, 0.3) is 0 Å². The van der Waals surface area contributed by atoms with E-state index in [1.54, 1.807) is 0 Å². The Balaban J connectivity index is 2.21. The maximum absolute atomic E-state index is 6.78. The molecule has 0 saturated heterocycles. The highest BCUT2D eigenvalue weighted by molar-refractivity contribution is 5.91. The lowest BCUT2D eigenvalue weighted by Gasteiger charge is -2.30. The number of rotatable bonds is 8. The Morgan fingerprint density at radius 3 is 1.40 bits per heavy atom. The number of para-hydroxylation sites is 1. The molecule has 0 N–H and O–H groups in total. The molecule has 35 heavy (non-hydrogen) atoms. The van der Waals surface area contributed by atoms with Gasteiger partial charge in [-0.15, -0.1) is 0 Å². The molecule has 0 saturated carbocycles. The first-order chi connectivity index (χ1) is 16.9. The van der Waals surface area contributed by atoms with Gasteiger partial charge in [0.05, 0.1) is 11.7 Å². The summed E-state index contributed by atoms with van der Waals surface area (Å²) in [6, 6.07) is 31.2. The summed E-state index contributed by atoms with van der Waals surface area (Å²) in [6.45, 7) is 13.2. The summed E-state index contributed by atoms with van der Waals surface area (Å²) in [5, 5.41) is 0. The summed E-state index contributed by atoms with van der Waals surface area (Å²) >= 11 is 0. The Labute approximate surface area is 210 Å². The molecule has 0 aliphatic carbocycles. The summed E-state index contributed by atoms with van der Waals surface area (Å²) < 4.78 is 13.5. The van der Waals surface area contributed by atoms with Crippen LogP contribution >= 0.6 is 0 Å². The number of hydrogen-bond donors (Lipinski definition) is 0. The van der Waals surface area contributed by atoms with Crippen LogP contribution in [0.1, 0.15) is 64.5 Å². The van der Waals surface area contributed by atoms with Crippen molar-refractivity contribution in [1.82, 2.24) is 0 Å². The Morgan fingerprint density at radius 2 is 0.943 bits per heavy atom. The van der Waals surface area contributed by atoms with Gasteiger partial charge in [-0.1, -0.05) is 107 Å². The van der Waals surface area contributed by atoms with Crippen molar-refractivity contribution in [2.75, 3.05) is 0 Å². The van der Waals surface area contributed by atoms with Gasteiger partial charge in [0, 0.05) is 11.1 Å². The molecule has 0 aliphatic heterocycles. The van der Waals surface area contributed by atoms with E-state index in [4.69, 9.17) is 9.47 Å². The smallest absolute Gasteiger partial charge is 0.142 e. The van der Waals surface area contributed by atoms with E-state index in [0.717, 1.165) is 39.5 Å². The third-order valence-corrected chi connectivity index (χ3v) is 6.08. The van der Waals surface area contributed by atoms with Crippen LogP contribution < -0.4 is 9.47 Å². The predicted molar refractivity (Wildman–Crippen MR) is 148 cm³/mol. The first kappa shape index (κ1) is 24.6. The molecule has 0 bridgehead atoms. The van der Waals surface area contributed by atoms with Crippen molar-refractivity contribution in [3.63, 3.8) is 0 Å². The highest BCUT2D eigenvalue weighted by atomic mass is 16.5. The van der Waals surface area contributed by atoms with Crippen LogP contribution in [0.15, 0.2) is 91.0 Å². The number of hydrogen-bond acceptors (Lipinski definition) is 2. The van der Waals surface area contributed by atoms with Gasteiger partial charge in [0.15, 0.2) is 0 Å². The topological polar surface area (TPSA) is 18.5 Å². The zero-order valence-electron chi connectivity index (χ0n) is 21.7. The molecule has 4 rings (SSSR count). The van der Waals surface area contributed by atoms with Crippen LogP contribution in [0.3, 0.4) is 0 Å². The van der Waals surface area contributed by atoms with Crippen molar-refractivity contribution in [1.29, 1.82) is 0 Å². The van der Waals surface area contributed by atoms with Crippen molar-refractivity contribution in [3.05, 3.63) is 102 Å². The molecule has 4 aromatic rings. The molecule has 2 nitrogen and oxygen atoms in total. The lowest BCUT2D eigenvalue weighted by Crippen LogP contribution is -2.13. The predicted octanol–water partition coefficient (Wildman–Crippen LogP) is 9.85. The van der Waals surface area contributed by atoms with Crippen LogP contribution in [0, 0.1) is 0 Å². The molecule has 180 valence electrons. The van der Waals surface area contributed by atoms with Gasteiger partial charge in [-0.25, -0.2) is 0 Å². The Hall–Kier alpha value is -3.52. The van der Waals surface area contributed by atoms with E-state index in [2.05, 4.69) is 96.1 Å². The zero-order chi connectivity index (χ0) is 24.9. The van der Waals surface area contributed by atoms with Gasteiger partial charge < -0.3 is 9.47 Å². The maximum atomic E-state index is 6.78. The molecule has 0 fully saturated rings. The van der Waals surface area contributed by atoms with E-state index in [-0.39, 0.29) is 17.9 Å². The minimum Gasteiger partial charge on any atom is -0.490 e. The van der Waals surface area contributed by atoms with Gasteiger partial charge in [-0.3, -0.25) is 0 Å². The van der Waals surface area contributed by atoms with E-state index >= 15 is 0 Å². The first-order valence-electron chi connectivity index (χ1n) is 12.6. The molecule has 0 aromatic heterocycles. The fourth-order valence-electron chi connectivity index (χ4n) is 4.74. The van der Waals surface area contributed by atoms with Crippen molar-refractivity contribution in [2.24, 2.45) is 0 Å². The van der Waals surface area contributed by atoms with Gasteiger partial charge in [0.2, 0.25) is 0 Å². The Morgan fingerprint density at radius 1 is 0.486 bits per heavy atom. The second-order valence-corrected chi connectivity index (χ2v) is 9.86. The second-order valence-electron chi connectivity index (χ2n) is 9.86. The Kier molecular flexibility index (Phi) is 7.60. The van der Waals surface area contributed by atoms with Crippen molar-refractivity contribution in [3.8, 4) is 39.5 Å². The molecule has 2 heteroatoms. The molecule has 0 radical (unpaired) electrons. The fourth-order valence-corrected chi connectivity index (χ4v) is 4.74. The third-order valence-electron chi connectivity index (χ3n) is 6.08. The van der Waals surface area contributed by atoms with Crippen LogP contribution in [0.2, 0.25) is 0 Å². The van der Waals surface area contributed by atoms with E-state index in [1.807, 2.05) is 36.4 Å². The van der Waals surface area contributed by atoms with E-state index in [0.29, 0.717) is 0 Å². The monoisotopic (exact) mass is 464 g/mol. The molecular formula is C33H36O2. The first-order valence-corrected chi connectivity index (χ1v) is 12.6. The highest BCUT2D eigenvalue weighted by Crippen LogP contribution is 2.54. The molecule has 0 spiro atoms. The average molecular weight is 465 g/mol. The summed E-state index contributed by atoms with van der Waals surface area (Å²) in [4.78, 5) is 0.